The van der Waals surface area contributed by atoms with Crippen molar-refractivity contribution in [2.45, 2.75) is 19.4 Å². The molecule has 0 radical (unpaired) electrons. The van der Waals surface area contributed by atoms with Crippen molar-refractivity contribution in [3.05, 3.63) is 30.1 Å². The molecule has 1 aromatic rings. The number of rotatable bonds is 2. The monoisotopic (exact) mass is 172 g/mol. The highest BCUT2D eigenvalue weighted by atomic mass is 35.5. The maximum Gasteiger partial charge on any atom is 0.0315 e. The lowest BCUT2D eigenvalue weighted by Gasteiger charge is -2.06. The number of hydrogen-bond donors (Lipinski definition) is 1. The Morgan fingerprint density at radius 2 is 2.36 bits per heavy atom. The molecule has 0 spiro atoms. The standard InChI is InChI=1S/C8H12N2.ClH/c1-2-8(9)7-4-3-5-10-6-7;/h3-6,8H,2,9H2,1H3;1H/t8-;/m0./s1. The fourth-order valence-electron chi connectivity index (χ4n) is 0.831. The average Bonchev–Trinajstić information content (AvgIpc) is 2.05. The van der Waals surface area contributed by atoms with Crippen molar-refractivity contribution >= 4 is 12.4 Å². The molecule has 2 N–H and O–H groups in total. The zero-order valence-electron chi connectivity index (χ0n) is 6.53. The van der Waals surface area contributed by atoms with Gasteiger partial charge in [0.05, 0.1) is 0 Å². The van der Waals surface area contributed by atoms with Gasteiger partial charge in [0.25, 0.3) is 0 Å². The van der Waals surface area contributed by atoms with Gasteiger partial charge in [-0.1, -0.05) is 13.0 Å². The first kappa shape index (κ1) is 10.4. The third kappa shape index (κ3) is 2.87. The van der Waals surface area contributed by atoms with Crippen LogP contribution in [0, 0.1) is 0 Å². The second-order valence-corrected chi connectivity index (χ2v) is 2.30. The Morgan fingerprint density at radius 3 is 2.82 bits per heavy atom. The van der Waals surface area contributed by atoms with E-state index in [1.807, 2.05) is 18.3 Å². The van der Waals surface area contributed by atoms with Gasteiger partial charge < -0.3 is 5.73 Å². The van der Waals surface area contributed by atoms with Gasteiger partial charge in [0.15, 0.2) is 0 Å². The maximum absolute atomic E-state index is 5.75. The second kappa shape index (κ2) is 5.10. The zero-order chi connectivity index (χ0) is 7.40. The molecule has 0 unspecified atom stereocenters. The lowest BCUT2D eigenvalue weighted by atomic mass is 10.1. The van der Waals surface area contributed by atoms with Crippen LogP contribution in [0.2, 0.25) is 0 Å². The first-order chi connectivity index (χ1) is 4.84. The molecule has 0 aliphatic heterocycles. The summed E-state index contributed by atoms with van der Waals surface area (Å²) in [6.45, 7) is 2.07. The Balaban J connectivity index is 0.000001000. The minimum Gasteiger partial charge on any atom is -0.324 e. The number of hydrogen-bond acceptors (Lipinski definition) is 2. The van der Waals surface area contributed by atoms with E-state index in [4.69, 9.17) is 5.73 Å². The summed E-state index contributed by atoms with van der Waals surface area (Å²) >= 11 is 0. The van der Waals surface area contributed by atoms with Crippen molar-refractivity contribution in [3.8, 4) is 0 Å². The van der Waals surface area contributed by atoms with Crippen LogP contribution in [-0.4, -0.2) is 4.98 Å². The highest BCUT2D eigenvalue weighted by molar-refractivity contribution is 5.85. The van der Waals surface area contributed by atoms with Crippen molar-refractivity contribution < 1.29 is 0 Å². The second-order valence-electron chi connectivity index (χ2n) is 2.30. The summed E-state index contributed by atoms with van der Waals surface area (Å²) in [4.78, 5) is 3.97. The first-order valence-corrected chi connectivity index (χ1v) is 3.50. The van der Waals surface area contributed by atoms with Crippen LogP contribution < -0.4 is 5.73 Å². The molecule has 3 heteroatoms. The molecule has 1 atom stereocenters. The normalized spacial score (nSPS) is 11.8. The van der Waals surface area contributed by atoms with Gasteiger partial charge in [0.2, 0.25) is 0 Å². The molecule has 0 amide bonds. The number of pyridine rings is 1. The molecule has 62 valence electrons. The van der Waals surface area contributed by atoms with E-state index in [9.17, 15) is 0 Å². The zero-order valence-corrected chi connectivity index (χ0v) is 7.34. The Hall–Kier alpha value is -0.600. The summed E-state index contributed by atoms with van der Waals surface area (Å²) < 4.78 is 0. The van der Waals surface area contributed by atoms with Crippen molar-refractivity contribution in [2.24, 2.45) is 5.73 Å². The van der Waals surface area contributed by atoms with Crippen LogP contribution in [0.15, 0.2) is 24.5 Å². The van der Waals surface area contributed by atoms with Gasteiger partial charge in [-0.25, -0.2) is 0 Å². The number of halogens is 1. The molecule has 11 heavy (non-hydrogen) atoms. The predicted octanol–water partition coefficient (Wildman–Crippen LogP) is 1.91. The fraction of sp³-hybridized carbons (Fsp3) is 0.375. The van der Waals surface area contributed by atoms with Crippen molar-refractivity contribution in [1.82, 2.24) is 4.98 Å². The summed E-state index contributed by atoms with van der Waals surface area (Å²) in [5.74, 6) is 0. The van der Waals surface area contributed by atoms with E-state index in [1.54, 1.807) is 6.20 Å². The van der Waals surface area contributed by atoms with E-state index in [1.165, 1.54) is 0 Å². The van der Waals surface area contributed by atoms with Crippen molar-refractivity contribution in [2.75, 3.05) is 0 Å². The topological polar surface area (TPSA) is 38.9 Å². The molecule has 1 rings (SSSR count). The summed E-state index contributed by atoms with van der Waals surface area (Å²) in [6.07, 6.45) is 4.53. The molecular weight excluding hydrogens is 160 g/mol. The quantitative estimate of drug-likeness (QED) is 0.741. The molecule has 0 aliphatic carbocycles. The number of nitrogens with two attached hydrogens (primary N) is 1. The van der Waals surface area contributed by atoms with E-state index in [-0.39, 0.29) is 18.4 Å². The van der Waals surface area contributed by atoms with Gasteiger partial charge >= 0.3 is 0 Å². The molecular formula is C8H13ClN2. The minimum atomic E-state index is 0. The fourth-order valence-corrected chi connectivity index (χ4v) is 0.831. The smallest absolute Gasteiger partial charge is 0.0315 e. The first-order valence-electron chi connectivity index (χ1n) is 3.50. The Labute approximate surface area is 73.2 Å². The largest absolute Gasteiger partial charge is 0.324 e. The Kier molecular flexibility index (Phi) is 4.83. The molecule has 0 saturated carbocycles. The summed E-state index contributed by atoms with van der Waals surface area (Å²) in [5, 5.41) is 0. The van der Waals surface area contributed by atoms with Gasteiger partial charge in [-0.15, -0.1) is 12.4 Å². The van der Waals surface area contributed by atoms with Crippen LogP contribution in [0.4, 0.5) is 0 Å². The van der Waals surface area contributed by atoms with Crippen LogP contribution in [0.5, 0.6) is 0 Å². The van der Waals surface area contributed by atoms with E-state index >= 15 is 0 Å². The molecule has 1 heterocycles. The van der Waals surface area contributed by atoms with Gasteiger partial charge in [-0.05, 0) is 18.1 Å². The van der Waals surface area contributed by atoms with Crippen molar-refractivity contribution in [3.63, 3.8) is 0 Å². The van der Waals surface area contributed by atoms with Crippen LogP contribution in [0.1, 0.15) is 24.9 Å². The molecule has 0 saturated heterocycles. The Morgan fingerprint density at radius 1 is 1.64 bits per heavy atom. The molecule has 0 bridgehead atoms. The van der Waals surface area contributed by atoms with Crippen LogP contribution >= 0.6 is 12.4 Å². The maximum atomic E-state index is 5.75. The van der Waals surface area contributed by atoms with E-state index < -0.39 is 0 Å². The predicted molar refractivity (Wildman–Crippen MR) is 48.7 cm³/mol. The highest BCUT2D eigenvalue weighted by Gasteiger charge is 1.99. The highest BCUT2D eigenvalue weighted by Crippen LogP contribution is 2.10. The van der Waals surface area contributed by atoms with Gasteiger partial charge in [-0.3, -0.25) is 4.98 Å². The van der Waals surface area contributed by atoms with Gasteiger partial charge in [0.1, 0.15) is 0 Å². The van der Waals surface area contributed by atoms with Gasteiger partial charge in [-0.2, -0.15) is 0 Å². The summed E-state index contributed by atoms with van der Waals surface area (Å²) in [6, 6.07) is 4.06. The van der Waals surface area contributed by atoms with E-state index in [0.717, 1.165) is 12.0 Å². The summed E-state index contributed by atoms with van der Waals surface area (Å²) in [5.41, 5.74) is 6.87. The molecule has 0 fully saturated rings. The average molecular weight is 173 g/mol. The Bertz CT molecular complexity index is 189. The molecule has 0 aliphatic rings. The van der Waals surface area contributed by atoms with Gasteiger partial charge in [0, 0.05) is 18.4 Å². The molecule has 0 aromatic carbocycles. The van der Waals surface area contributed by atoms with E-state index in [0.29, 0.717) is 0 Å². The SMILES string of the molecule is CC[C@H](N)c1cccnc1.Cl. The lowest BCUT2D eigenvalue weighted by Crippen LogP contribution is -2.08. The van der Waals surface area contributed by atoms with E-state index in [2.05, 4.69) is 11.9 Å². The van der Waals surface area contributed by atoms with Crippen LogP contribution in [-0.2, 0) is 0 Å². The lowest BCUT2D eigenvalue weighted by molar-refractivity contribution is 0.695. The van der Waals surface area contributed by atoms with Crippen LogP contribution in [0.25, 0.3) is 0 Å². The number of nitrogens with zero attached hydrogens (tertiary/aromatic N) is 1. The molecule has 1 aromatic heterocycles. The third-order valence-corrected chi connectivity index (χ3v) is 1.55. The third-order valence-electron chi connectivity index (χ3n) is 1.55. The van der Waals surface area contributed by atoms with Crippen molar-refractivity contribution in [1.29, 1.82) is 0 Å². The molecule has 2 nitrogen and oxygen atoms in total. The minimum absolute atomic E-state index is 0. The number of aromatic nitrogens is 1. The summed E-state index contributed by atoms with van der Waals surface area (Å²) in [7, 11) is 0. The van der Waals surface area contributed by atoms with Crippen LogP contribution in [0.3, 0.4) is 0 Å².